The van der Waals surface area contributed by atoms with Gasteiger partial charge in [0.1, 0.15) is 5.82 Å². The maximum atomic E-state index is 13.0. The molecular weight excluding hydrogens is 267 g/mol. The molecule has 0 aliphatic heterocycles. The third kappa shape index (κ3) is 4.59. The SMILES string of the molecule is CNCCNS(=O)(=O)c1ccc(F)c(C)c1.Cl. The van der Waals surface area contributed by atoms with Crippen molar-refractivity contribution in [1.82, 2.24) is 10.0 Å². The topological polar surface area (TPSA) is 58.2 Å². The van der Waals surface area contributed by atoms with Crippen LogP contribution in [0.2, 0.25) is 0 Å². The van der Waals surface area contributed by atoms with E-state index >= 15 is 0 Å². The highest BCUT2D eigenvalue weighted by Gasteiger charge is 2.14. The zero-order valence-electron chi connectivity index (χ0n) is 9.66. The van der Waals surface area contributed by atoms with Gasteiger partial charge in [-0.2, -0.15) is 0 Å². The van der Waals surface area contributed by atoms with E-state index in [4.69, 9.17) is 0 Å². The van der Waals surface area contributed by atoms with Gasteiger partial charge in [-0.1, -0.05) is 0 Å². The molecule has 1 aromatic carbocycles. The van der Waals surface area contributed by atoms with Gasteiger partial charge in [-0.3, -0.25) is 0 Å². The van der Waals surface area contributed by atoms with E-state index in [-0.39, 0.29) is 17.3 Å². The van der Waals surface area contributed by atoms with E-state index in [0.717, 1.165) is 6.07 Å². The molecule has 0 saturated heterocycles. The predicted molar refractivity (Wildman–Crippen MR) is 67.5 cm³/mol. The summed E-state index contributed by atoms with van der Waals surface area (Å²) in [5.74, 6) is -0.408. The lowest BCUT2D eigenvalue weighted by Gasteiger charge is -2.07. The van der Waals surface area contributed by atoms with Crippen molar-refractivity contribution in [2.75, 3.05) is 20.1 Å². The predicted octanol–water partition coefficient (Wildman–Crippen LogP) is 1.05. The molecule has 1 rings (SSSR count). The van der Waals surface area contributed by atoms with Crippen LogP contribution in [0.4, 0.5) is 4.39 Å². The number of halogens is 2. The molecule has 17 heavy (non-hydrogen) atoms. The van der Waals surface area contributed by atoms with Gasteiger partial charge in [0.2, 0.25) is 10.0 Å². The summed E-state index contributed by atoms with van der Waals surface area (Å²) in [5.41, 5.74) is 0.316. The second-order valence-electron chi connectivity index (χ2n) is 3.41. The molecule has 0 radical (unpaired) electrons. The largest absolute Gasteiger partial charge is 0.318 e. The Morgan fingerprint density at radius 2 is 1.94 bits per heavy atom. The Morgan fingerprint density at radius 3 is 2.47 bits per heavy atom. The van der Waals surface area contributed by atoms with Crippen LogP contribution in [-0.4, -0.2) is 28.6 Å². The van der Waals surface area contributed by atoms with Crippen molar-refractivity contribution in [2.24, 2.45) is 0 Å². The molecule has 0 amide bonds. The first-order chi connectivity index (χ1) is 7.47. The first-order valence-corrected chi connectivity index (χ1v) is 6.36. The number of hydrogen-bond acceptors (Lipinski definition) is 3. The highest BCUT2D eigenvalue weighted by atomic mass is 35.5. The van der Waals surface area contributed by atoms with Crippen molar-refractivity contribution in [3.05, 3.63) is 29.6 Å². The molecule has 1 aromatic rings. The van der Waals surface area contributed by atoms with Crippen LogP contribution >= 0.6 is 12.4 Å². The fourth-order valence-electron chi connectivity index (χ4n) is 1.18. The molecule has 0 spiro atoms. The summed E-state index contributed by atoms with van der Waals surface area (Å²) in [6.07, 6.45) is 0. The van der Waals surface area contributed by atoms with E-state index in [0.29, 0.717) is 18.7 Å². The molecule has 0 atom stereocenters. The molecule has 0 fully saturated rings. The monoisotopic (exact) mass is 282 g/mol. The number of benzene rings is 1. The maximum Gasteiger partial charge on any atom is 0.240 e. The molecule has 0 aliphatic rings. The van der Waals surface area contributed by atoms with Crippen LogP contribution in [0.5, 0.6) is 0 Å². The number of hydrogen-bond donors (Lipinski definition) is 2. The molecule has 0 unspecified atom stereocenters. The Labute approximate surface area is 107 Å². The third-order valence-electron chi connectivity index (χ3n) is 2.11. The second kappa shape index (κ2) is 6.90. The lowest BCUT2D eigenvalue weighted by atomic mass is 10.2. The summed E-state index contributed by atoms with van der Waals surface area (Å²) in [6, 6.07) is 3.73. The molecule has 0 aromatic heterocycles. The Morgan fingerprint density at radius 1 is 1.29 bits per heavy atom. The summed E-state index contributed by atoms with van der Waals surface area (Å²) in [6.45, 7) is 2.37. The van der Waals surface area contributed by atoms with Gasteiger partial charge in [-0.05, 0) is 37.7 Å². The summed E-state index contributed by atoms with van der Waals surface area (Å²) in [7, 11) is -1.80. The van der Waals surface area contributed by atoms with Crippen LogP contribution in [0, 0.1) is 12.7 Å². The van der Waals surface area contributed by atoms with Gasteiger partial charge >= 0.3 is 0 Å². The van der Waals surface area contributed by atoms with Crippen molar-refractivity contribution in [3.8, 4) is 0 Å². The molecular formula is C10H16ClFN2O2S. The van der Waals surface area contributed by atoms with E-state index in [1.165, 1.54) is 19.1 Å². The Balaban J connectivity index is 0.00000256. The number of nitrogens with one attached hydrogen (secondary N) is 2. The highest BCUT2D eigenvalue weighted by Crippen LogP contribution is 2.13. The minimum Gasteiger partial charge on any atom is -0.318 e. The van der Waals surface area contributed by atoms with Crippen LogP contribution in [0.15, 0.2) is 23.1 Å². The lowest BCUT2D eigenvalue weighted by Crippen LogP contribution is -2.30. The maximum absolute atomic E-state index is 13.0. The van der Waals surface area contributed by atoms with Gasteiger partial charge in [0, 0.05) is 13.1 Å². The average Bonchev–Trinajstić information content (AvgIpc) is 2.22. The van der Waals surface area contributed by atoms with Crippen molar-refractivity contribution in [1.29, 1.82) is 0 Å². The molecule has 0 aliphatic carbocycles. The van der Waals surface area contributed by atoms with E-state index in [9.17, 15) is 12.8 Å². The van der Waals surface area contributed by atoms with E-state index in [2.05, 4.69) is 10.0 Å². The van der Waals surface area contributed by atoms with E-state index < -0.39 is 15.8 Å². The van der Waals surface area contributed by atoms with Crippen LogP contribution in [-0.2, 0) is 10.0 Å². The summed E-state index contributed by atoms with van der Waals surface area (Å²) in [5, 5.41) is 2.83. The van der Waals surface area contributed by atoms with Crippen LogP contribution in [0.3, 0.4) is 0 Å². The average molecular weight is 283 g/mol. The van der Waals surface area contributed by atoms with Crippen LogP contribution < -0.4 is 10.0 Å². The zero-order valence-corrected chi connectivity index (χ0v) is 11.3. The van der Waals surface area contributed by atoms with Crippen LogP contribution in [0.25, 0.3) is 0 Å². The summed E-state index contributed by atoms with van der Waals surface area (Å²) >= 11 is 0. The fraction of sp³-hybridized carbons (Fsp3) is 0.400. The first-order valence-electron chi connectivity index (χ1n) is 4.88. The molecule has 0 heterocycles. The van der Waals surface area contributed by atoms with Gasteiger partial charge in [0.25, 0.3) is 0 Å². The lowest BCUT2D eigenvalue weighted by molar-refractivity contribution is 0.578. The van der Waals surface area contributed by atoms with Gasteiger partial charge in [0.15, 0.2) is 0 Å². The molecule has 0 bridgehead atoms. The van der Waals surface area contributed by atoms with Gasteiger partial charge in [-0.25, -0.2) is 17.5 Å². The number of rotatable bonds is 5. The standard InChI is InChI=1S/C10H15FN2O2S.ClH/c1-8-7-9(3-4-10(8)11)16(14,15)13-6-5-12-2;/h3-4,7,12-13H,5-6H2,1-2H3;1H. The van der Waals surface area contributed by atoms with Gasteiger partial charge in [0.05, 0.1) is 4.90 Å². The Kier molecular flexibility index (Phi) is 6.62. The summed E-state index contributed by atoms with van der Waals surface area (Å²) < 4.78 is 38.8. The molecule has 4 nitrogen and oxygen atoms in total. The fourth-order valence-corrected chi connectivity index (χ4v) is 2.29. The number of aryl methyl sites for hydroxylation is 1. The highest BCUT2D eigenvalue weighted by molar-refractivity contribution is 7.89. The van der Waals surface area contributed by atoms with Crippen molar-refractivity contribution in [2.45, 2.75) is 11.8 Å². The van der Waals surface area contributed by atoms with E-state index in [1.807, 2.05) is 0 Å². The number of likely N-dealkylation sites (N-methyl/N-ethyl adjacent to an activating group) is 1. The third-order valence-corrected chi connectivity index (χ3v) is 3.57. The molecule has 98 valence electrons. The Hall–Kier alpha value is -0.690. The van der Waals surface area contributed by atoms with Crippen molar-refractivity contribution >= 4 is 22.4 Å². The zero-order chi connectivity index (χ0) is 12.2. The molecule has 7 heteroatoms. The van der Waals surface area contributed by atoms with Crippen LogP contribution in [0.1, 0.15) is 5.56 Å². The number of sulfonamides is 1. The van der Waals surface area contributed by atoms with Crippen molar-refractivity contribution in [3.63, 3.8) is 0 Å². The second-order valence-corrected chi connectivity index (χ2v) is 5.18. The smallest absolute Gasteiger partial charge is 0.240 e. The molecule has 0 saturated carbocycles. The van der Waals surface area contributed by atoms with Gasteiger partial charge < -0.3 is 5.32 Å². The first kappa shape index (κ1) is 16.3. The van der Waals surface area contributed by atoms with Crippen molar-refractivity contribution < 1.29 is 12.8 Å². The van der Waals surface area contributed by atoms with E-state index in [1.54, 1.807) is 7.05 Å². The van der Waals surface area contributed by atoms with Gasteiger partial charge in [-0.15, -0.1) is 12.4 Å². The minimum atomic E-state index is -3.53. The normalized spacial score (nSPS) is 11.0. The Bertz CT molecular complexity index is 465. The quantitative estimate of drug-likeness (QED) is 0.794. The summed E-state index contributed by atoms with van der Waals surface area (Å²) in [4.78, 5) is 0.0857. The molecule has 2 N–H and O–H groups in total. The minimum absolute atomic E-state index is 0.